The van der Waals surface area contributed by atoms with Crippen LogP contribution in [0.3, 0.4) is 0 Å². The van der Waals surface area contributed by atoms with Crippen LogP contribution >= 0.6 is 39.1 Å². The van der Waals surface area contributed by atoms with Gasteiger partial charge in [-0.1, -0.05) is 13.8 Å². The summed E-state index contributed by atoms with van der Waals surface area (Å²) in [6.07, 6.45) is 0.888. The molecule has 1 unspecified atom stereocenters. The topological polar surface area (TPSA) is 52.6 Å². The number of halogens is 5. The molecule has 10 atom stereocenters. The minimum absolute atomic E-state index is 0.0918. The summed E-state index contributed by atoms with van der Waals surface area (Å²) in [4.78, 5) is 24.5. The Kier molecular flexibility index (Phi) is 5.40. The van der Waals surface area contributed by atoms with E-state index in [9.17, 15) is 14.0 Å². The molecule has 1 heterocycles. The van der Waals surface area contributed by atoms with Crippen LogP contribution in [0.25, 0.3) is 0 Å². The molecule has 4 fully saturated rings. The Bertz CT molecular complexity index is 959. The monoisotopic (exact) mass is 568 g/mol. The Morgan fingerprint density at radius 2 is 1.91 bits per heavy atom. The van der Waals surface area contributed by atoms with E-state index in [1.165, 1.54) is 6.08 Å². The van der Waals surface area contributed by atoms with Gasteiger partial charge >= 0.3 is 0 Å². The molecule has 0 amide bonds. The number of alkyl halides is 5. The third-order valence-electron chi connectivity index (χ3n) is 9.54. The second kappa shape index (κ2) is 7.24. The van der Waals surface area contributed by atoms with Gasteiger partial charge < -0.3 is 9.47 Å². The zero-order valence-electron chi connectivity index (χ0n) is 19.1. The molecule has 5 rings (SSSR count). The van der Waals surface area contributed by atoms with Crippen LogP contribution in [0, 0.1) is 22.7 Å². The molecule has 33 heavy (non-hydrogen) atoms. The normalized spacial score (nSPS) is 53.4. The fraction of sp³-hybridized carbons (Fsp3) is 0.833. The van der Waals surface area contributed by atoms with E-state index in [1.54, 1.807) is 13.8 Å². The van der Waals surface area contributed by atoms with Crippen molar-refractivity contribution in [2.24, 2.45) is 22.7 Å². The molecule has 0 aromatic rings. The summed E-state index contributed by atoms with van der Waals surface area (Å²) in [6, 6.07) is 0. The molecule has 0 N–H and O–H groups in total. The van der Waals surface area contributed by atoms with Gasteiger partial charge in [-0.05, 0) is 78.9 Å². The number of carbonyl (C=O) groups is 2. The molecular weight excluding hydrogens is 541 g/mol. The van der Waals surface area contributed by atoms with Crippen molar-refractivity contribution in [1.29, 1.82) is 0 Å². The van der Waals surface area contributed by atoms with Crippen molar-refractivity contribution >= 4 is 50.7 Å². The number of carbonyl (C=O) groups excluding carboxylic acids is 2. The molecule has 3 saturated carbocycles. The molecule has 9 heteroatoms. The highest BCUT2D eigenvalue weighted by Crippen LogP contribution is 2.74. The van der Waals surface area contributed by atoms with Gasteiger partial charge in [0, 0.05) is 17.3 Å². The van der Waals surface area contributed by atoms with Crippen molar-refractivity contribution in [2.45, 2.75) is 98.8 Å². The van der Waals surface area contributed by atoms with Crippen LogP contribution in [0.15, 0.2) is 11.6 Å². The third kappa shape index (κ3) is 2.86. The molecule has 0 aromatic heterocycles. The van der Waals surface area contributed by atoms with Crippen molar-refractivity contribution < 1.29 is 27.8 Å². The zero-order valence-corrected chi connectivity index (χ0v) is 22.2. The van der Waals surface area contributed by atoms with E-state index >= 15 is 4.39 Å². The third-order valence-corrected chi connectivity index (χ3v) is 11.5. The summed E-state index contributed by atoms with van der Waals surface area (Å²) in [7, 11) is 0. The summed E-state index contributed by atoms with van der Waals surface area (Å²) in [5.41, 5.74) is -2.83. The largest absolute Gasteiger partial charge is 0.344 e. The Morgan fingerprint density at radius 1 is 1.24 bits per heavy atom. The summed E-state index contributed by atoms with van der Waals surface area (Å²) >= 11 is 17.4. The predicted molar refractivity (Wildman–Crippen MR) is 124 cm³/mol. The standard InChI is InChI=1S/C24H29BrCl2F2O4/c1-20(2)32-17-9-12-13-8-15(28)14-7-11(30)5-6-21(14,3)23(13,27)16(26)10-22(12,4)24(17,33-20)18(31)19(25)29/h7,12-13,15-17,19H,5-6,8-10H2,1-4H3/t12-,13-,15-,16-,17+,19?,21-,22-,23-,24-/m0/s1. The Labute approximate surface area is 211 Å². The van der Waals surface area contributed by atoms with Crippen LogP contribution in [0.1, 0.15) is 59.8 Å². The second-order valence-electron chi connectivity index (χ2n) is 11.4. The van der Waals surface area contributed by atoms with Crippen LogP contribution in [0.5, 0.6) is 0 Å². The van der Waals surface area contributed by atoms with Crippen LogP contribution in [-0.4, -0.2) is 50.6 Å². The van der Waals surface area contributed by atoms with Gasteiger partial charge in [0.25, 0.3) is 0 Å². The number of hydrogen-bond donors (Lipinski definition) is 0. The minimum atomic E-state index is -1.93. The van der Waals surface area contributed by atoms with Gasteiger partial charge in [-0.25, -0.2) is 8.78 Å². The molecule has 0 bridgehead atoms. The number of ether oxygens (including phenoxy) is 2. The first kappa shape index (κ1) is 24.6. The van der Waals surface area contributed by atoms with E-state index in [1.807, 2.05) is 13.8 Å². The van der Waals surface area contributed by atoms with Gasteiger partial charge in [-0.3, -0.25) is 9.59 Å². The van der Waals surface area contributed by atoms with E-state index in [0.29, 0.717) is 18.4 Å². The van der Waals surface area contributed by atoms with Gasteiger partial charge in [-0.15, -0.1) is 23.2 Å². The van der Waals surface area contributed by atoms with Crippen molar-refractivity contribution in [3.63, 3.8) is 0 Å². The molecule has 0 aromatic carbocycles. The van der Waals surface area contributed by atoms with Gasteiger partial charge in [0.1, 0.15) is 6.17 Å². The summed E-state index contributed by atoms with van der Waals surface area (Å²) in [6.45, 7) is 7.23. The zero-order chi connectivity index (χ0) is 24.4. The summed E-state index contributed by atoms with van der Waals surface area (Å²) < 4.78 is 42.6. The van der Waals surface area contributed by atoms with Crippen molar-refractivity contribution in [1.82, 2.24) is 0 Å². The number of fused-ring (bicyclic) bond motifs is 7. The summed E-state index contributed by atoms with van der Waals surface area (Å²) in [5, 5.41) is -2.58. The molecule has 184 valence electrons. The molecule has 1 aliphatic heterocycles. The lowest BCUT2D eigenvalue weighted by atomic mass is 9.45. The maximum atomic E-state index is 15.7. The van der Waals surface area contributed by atoms with Crippen LogP contribution < -0.4 is 0 Å². The number of hydrogen-bond acceptors (Lipinski definition) is 4. The Balaban J connectivity index is 1.66. The predicted octanol–water partition coefficient (Wildman–Crippen LogP) is 5.80. The molecular formula is C24H29BrCl2F2O4. The summed E-state index contributed by atoms with van der Waals surface area (Å²) in [5.74, 6) is -2.56. The smallest absolute Gasteiger partial charge is 0.215 e. The first-order chi connectivity index (χ1) is 15.1. The van der Waals surface area contributed by atoms with Gasteiger partial charge in [-0.2, -0.15) is 0 Å². The molecule has 1 saturated heterocycles. The number of rotatable bonds is 2. The SMILES string of the molecule is CC1(C)O[C@@H]2C[C@H]3[C@@H]4C[C@H](F)C5=CC(=O)CC[C@]5(C)[C@@]4(Cl)[C@@H](Cl)C[C@]3(C)[C@]2(C(=O)C(F)Br)O1. The quantitative estimate of drug-likeness (QED) is 0.394. The highest BCUT2D eigenvalue weighted by atomic mass is 79.9. The number of Topliss-reactive ketones (excluding diaryl/α,β-unsaturated/α-hetero) is 1. The van der Waals surface area contributed by atoms with Crippen LogP contribution in [-0.2, 0) is 19.1 Å². The highest BCUT2D eigenvalue weighted by molar-refractivity contribution is 9.09. The van der Waals surface area contributed by atoms with E-state index in [0.717, 1.165) is 0 Å². The van der Waals surface area contributed by atoms with Crippen molar-refractivity contribution in [2.75, 3.05) is 0 Å². The van der Waals surface area contributed by atoms with E-state index in [-0.39, 0.29) is 31.0 Å². The van der Waals surface area contributed by atoms with Gasteiger partial charge in [0.15, 0.2) is 17.2 Å². The van der Waals surface area contributed by atoms with Gasteiger partial charge in [0.05, 0.1) is 16.4 Å². The molecule has 4 nitrogen and oxygen atoms in total. The molecule has 5 aliphatic rings. The maximum Gasteiger partial charge on any atom is 0.215 e. The van der Waals surface area contributed by atoms with E-state index < -0.39 is 61.5 Å². The fourth-order valence-corrected chi connectivity index (χ4v) is 9.77. The minimum Gasteiger partial charge on any atom is -0.344 e. The molecule has 0 spiro atoms. The van der Waals surface area contributed by atoms with E-state index in [4.69, 9.17) is 32.7 Å². The van der Waals surface area contributed by atoms with E-state index in [2.05, 4.69) is 15.9 Å². The highest BCUT2D eigenvalue weighted by Gasteiger charge is 2.80. The van der Waals surface area contributed by atoms with Crippen LogP contribution in [0.2, 0.25) is 0 Å². The molecule has 4 aliphatic carbocycles. The fourth-order valence-electron chi connectivity index (χ4n) is 8.19. The van der Waals surface area contributed by atoms with Gasteiger partial charge in [0.2, 0.25) is 10.9 Å². The lowest BCUT2D eigenvalue weighted by Crippen LogP contribution is -2.70. The average molecular weight is 570 g/mol. The number of ketones is 2. The first-order valence-electron chi connectivity index (χ1n) is 11.6. The first-order valence-corrected chi connectivity index (χ1v) is 13.3. The second-order valence-corrected chi connectivity index (χ2v) is 13.4. The Morgan fingerprint density at radius 3 is 2.55 bits per heavy atom. The van der Waals surface area contributed by atoms with Crippen LogP contribution in [0.4, 0.5) is 8.78 Å². The van der Waals surface area contributed by atoms with Crippen molar-refractivity contribution in [3.8, 4) is 0 Å². The maximum absolute atomic E-state index is 15.7. The van der Waals surface area contributed by atoms with Crippen molar-refractivity contribution in [3.05, 3.63) is 11.6 Å². The lowest BCUT2D eigenvalue weighted by Gasteiger charge is -2.65. The lowest BCUT2D eigenvalue weighted by molar-refractivity contribution is -0.214. The molecule has 0 radical (unpaired) electrons. The Hall–Kier alpha value is -0.0800. The average Bonchev–Trinajstić information content (AvgIpc) is 3.11. The number of allylic oxidation sites excluding steroid dienone is 1.